The van der Waals surface area contributed by atoms with E-state index in [1.807, 2.05) is 6.07 Å². The summed E-state index contributed by atoms with van der Waals surface area (Å²) in [5.41, 5.74) is 11.8. The van der Waals surface area contributed by atoms with E-state index < -0.39 is 11.5 Å². The molecule has 0 spiro atoms. The van der Waals surface area contributed by atoms with Gasteiger partial charge in [0.25, 0.3) is 5.91 Å². The molecule has 9 nitrogen and oxygen atoms in total. The van der Waals surface area contributed by atoms with Crippen LogP contribution < -0.4 is 21.1 Å². The first-order chi connectivity index (χ1) is 16.1. The molecule has 1 aliphatic heterocycles. The third kappa shape index (κ3) is 8.41. The van der Waals surface area contributed by atoms with Crippen molar-refractivity contribution in [1.82, 2.24) is 4.98 Å². The van der Waals surface area contributed by atoms with Crippen molar-refractivity contribution >= 4 is 23.7 Å². The Balaban J connectivity index is 0.000000248. The monoisotopic (exact) mass is 463 g/mol. The minimum absolute atomic E-state index is 0.0198. The molecule has 0 saturated carbocycles. The summed E-state index contributed by atoms with van der Waals surface area (Å²) in [6, 6.07) is 8.82. The van der Waals surface area contributed by atoms with Crippen LogP contribution in [0.1, 0.15) is 41.9 Å². The standard InChI is InChI=1S/C15H17NO3.C10H12N4O/c1-15(2,18)8-6-11-4-5-13-12(10-11)16(3)14(17)7-9-19-13;11-3-1-4-13-7-8-2-5-14-9(6-8)10(12)15/h4-5,10,18H,7,9H2,1-3H3;1-6H,7,11H2,(H2,12,15)/b;3-1-,13-4?. The fourth-order valence-corrected chi connectivity index (χ4v) is 2.73. The minimum Gasteiger partial charge on any atom is -0.491 e. The first-order valence-electron chi connectivity index (χ1n) is 10.5. The van der Waals surface area contributed by atoms with Gasteiger partial charge in [-0.15, -0.1) is 0 Å². The Morgan fingerprint density at radius 3 is 2.79 bits per heavy atom. The Bertz CT molecular complexity index is 1140. The minimum atomic E-state index is -1.04. The average Bonchev–Trinajstić information content (AvgIpc) is 2.94. The van der Waals surface area contributed by atoms with Crippen molar-refractivity contribution in [2.45, 2.75) is 32.4 Å². The van der Waals surface area contributed by atoms with Crippen LogP contribution in [0.25, 0.3) is 0 Å². The second kappa shape index (κ2) is 12.2. The van der Waals surface area contributed by atoms with Crippen molar-refractivity contribution in [3.8, 4) is 17.6 Å². The van der Waals surface area contributed by atoms with Gasteiger partial charge in [-0.05, 0) is 62.0 Å². The molecule has 178 valence electrons. The second-order valence-corrected chi connectivity index (χ2v) is 7.83. The van der Waals surface area contributed by atoms with Crippen LogP contribution in [-0.4, -0.2) is 47.4 Å². The molecule has 0 unspecified atom stereocenters. The smallest absolute Gasteiger partial charge is 0.267 e. The molecule has 0 bridgehead atoms. The van der Waals surface area contributed by atoms with Crippen molar-refractivity contribution in [3.63, 3.8) is 0 Å². The Morgan fingerprint density at radius 2 is 2.12 bits per heavy atom. The van der Waals surface area contributed by atoms with Crippen LogP contribution in [-0.2, 0) is 11.3 Å². The number of rotatable bonds is 4. The number of primary amides is 1. The zero-order chi connectivity index (χ0) is 25.1. The van der Waals surface area contributed by atoms with Gasteiger partial charge in [0.2, 0.25) is 5.91 Å². The Hall–Kier alpha value is -4.16. The molecule has 2 aromatic rings. The van der Waals surface area contributed by atoms with Crippen molar-refractivity contribution in [1.29, 1.82) is 0 Å². The van der Waals surface area contributed by atoms with Crippen LogP contribution in [0.2, 0.25) is 0 Å². The summed E-state index contributed by atoms with van der Waals surface area (Å²) in [6.07, 6.45) is 6.50. The molecule has 0 fully saturated rings. The van der Waals surface area contributed by atoms with Crippen molar-refractivity contribution in [2.24, 2.45) is 16.5 Å². The van der Waals surface area contributed by atoms with Crippen molar-refractivity contribution in [2.75, 3.05) is 18.6 Å². The highest BCUT2D eigenvalue weighted by Gasteiger charge is 2.20. The molecule has 0 saturated heterocycles. The van der Waals surface area contributed by atoms with Gasteiger partial charge in [0, 0.05) is 25.0 Å². The number of nitrogens with zero attached hydrogens (tertiary/aromatic N) is 3. The van der Waals surface area contributed by atoms with Gasteiger partial charge < -0.3 is 26.2 Å². The molecule has 3 rings (SSSR count). The molecule has 2 amide bonds. The van der Waals surface area contributed by atoms with E-state index in [0.717, 1.165) is 11.1 Å². The van der Waals surface area contributed by atoms with Gasteiger partial charge in [-0.2, -0.15) is 0 Å². The van der Waals surface area contributed by atoms with E-state index in [9.17, 15) is 14.7 Å². The number of carbonyl (C=O) groups is 2. The zero-order valence-electron chi connectivity index (χ0n) is 19.5. The summed E-state index contributed by atoms with van der Waals surface area (Å²) in [6.45, 7) is 4.11. The number of hydrogen-bond acceptors (Lipinski definition) is 7. The molecular weight excluding hydrogens is 434 g/mol. The van der Waals surface area contributed by atoms with Crippen LogP contribution >= 0.6 is 0 Å². The second-order valence-electron chi connectivity index (χ2n) is 7.83. The van der Waals surface area contributed by atoms with E-state index in [0.29, 0.717) is 31.0 Å². The Labute approximate surface area is 199 Å². The van der Waals surface area contributed by atoms with E-state index in [1.54, 1.807) is 62.4 Å². The van der Waals surface area contributed by atoms with E-state index in [4.69, 9.17) is 16.2 Å². The Kier molecular flexibility index (Phi) is 9.35. The lowest BCUT2D eigenvalue weighted by Crippen LogP contribution is -2.25. The van der Waals surface area contributed by atoms with Crippen molar-refractivity contribution in [3.05, 3.63) is 65.6 Å². The molecule has 0 aliphatic carbocycles. The lowest BCUT2D eigenvalue weighted by Gasteiger charge is -2.16. The summed E-state index contributed by atoms with van der Waals surface area (Å²) in [7, 11) is 1.73. The van der Waals surface area contributed by atoms with Crippen molar-refractivity contribution < 1.29 is 19.4 Å². The van der Waals surface area contributed by atoms with Gasteiger partial charge in [0.05, 0.1) is 25.3 Å². The normalized spacial score (nSPS) is 13.3. The first kappa shape index (κ1) is 26.1. The van der Waals surface area contributed by atoms with Crippen LogP contribution in [0.5, 0.6) is 5.75 Å². The third-order valence-electron chi connectivity index (χ3n) is 4.43. The molecule has 2 heterocycles. The predicted molar refractivity (Wildman–Crippen MR) is 131 cm³/mol. The zero-order valence-corrected chi connectivity index (χ0v) is 19.5. The number of fused-ring (bicyclic) bond motifs is 1. The number of benzene rings is 1. The summed E-state index contributed by atoms with van der Waals surface area (Å²) in [5.74, 6) is 5.81. The third-order valence-corrected chi connectivity index (χ3v) is 4.43. The summed E-state index contributed by atoms with van der Waals surface area (Å²) < 4.78 is 5.53. The molecule has 5 N–H and O–H groups in total. The molecule has 34 heavy (non-hydrogen) atoms. The quantitative estimate of drug-likeness (QED) is 0.466. The maximum absolute atomic E-state index is 11.8. The van der Waals surface area contributed by atoms with Gasteiger partial charge >= 0.3 is 0 Å². The van der Waals surface area contributed by atoms with Crippen LogP contribution in [0.3, 0.4) is 0 Å². The number of aromatic nitrogens is 1. The lowest BCUT2D eigenvalue weighted by atomic mass is 10.1. The number of carbonyl (C=O) groups excluding carboxylic acids is 2. The number of allylic oxidation sites excluding steroid dienone is 1. The summed E-state index contributed by atoms with van der Waals surface area (Å²) >= 11 is 0. The largest absolute Gasteiger partial charge is 0.491 e. The number of pyridine rings is 1. The van der Waals surface area contributed by atoms with Crippen LogP contribution in [0.4, 0.5) is 5.69 Å². The number of nitrogens with two attached hydrogens (primary N) is 2. The van der Waals surface area contributed by atoms with E-state index in [2.05, 4.69) is 21.8 Å². The maximum Gasteiger partial charge on any atom is 0.267 e. The molecule has 1 aliphatic rings. The molecular formula is C25H29N5O4. The fraction of sp³-hybridized carbons (Fsp3) is 0.280. The van der Waals surface area contributed by atoms with E-state index in [-0.39, 0.29) is 11.6 Å². The SMILES string of the molecule is CN1C(=O)CCOc2ccc(C#CC(C)(C)O)cc21.N/C=C\C=NCc1ccnc(C(N)=O)c1. The molecule has 1 aromatic heterocycles. The van der Waals surface area contributed by atoms with Gasteiger partial charge in [-0.3, -0.25) is 19.6 Å². The van der Waals surface area contributed by atoms with Gasteiger partial charge in [0.15, 0.2) is 0 Å². The maximum atomic E-state index is 11.8. The predicted octanol–water partition coefficient (Wildman–Crippen LogP) is 1.78. The highest BCUT2D eigenvalue weighted by molar-refractivity contribution is 5.95. The van der Waals surface area contributed by atoms with Gasteiger partial charge in [-0.1, -0.05) is 11.8 Å². The number of amides is 2. The van der Waals surface area contributed by atoms with Crippen LogP contribution in [0.15, 0.2) is 53.8 Å². The highest BCUT2D eigenvalue weighted by atomic mass is 16.5. The number of aliphatic hydroxyl groups is 1. The number of hydrogen-bond donors (Lipinski definition) is 3. The van der Waals surface area contributed by atoms with E-state index >= 15 is 0 Å². The van der Waals surface area contributed by atoms with Gasteiger partial charge in [0.1, 0.15) is 17.0 Å². The Morgan fingerprint density at radius 1 is 1.35 bits per heavy atom. The first-order valence-corrected chi connectivity index (χ1v) is 10.5. The average molecular weight is 464 g/mol. The van der Waals surface area contributed by atoms with E-state index in [1.165, 1.54) is 12.4 Å². The molecule has 1 aromatic carbocycles. The molecule has 0 atom stereocenters. The molecule has 0 radical (unpaired) electrons. The lowest BCUT2D eigenvalue weighted by molar-refractivity contribution is -0.118. The summed E-state index contributed by atoms with van der Waals surface area (Å²) in [5, 5.41) is 9.59. The molecule has 9 heteroatoms. The van der Waals surface area contributed by atoms with Gasteiger partial charge in [-0.25, -0.2) is 0 Å². The number of aliphatic imine (C=N–C) groups is 1. The number of anilines is 1. The summed E-state index contributed by atoms with van der Waals surface area (Å²) in [4.78, 5) is 32.1. The number of ether oxygens (including phenoxy) is 1. The highest BCUT2D eigenvalue weighted by Crippen LogP contribution is 2.31. The fourth-order valence-electron chi connectivity index (χ4n) is 2.73. The van der Waals surface area contributed by atoms with Crippen LogP contribution in [0, 0.1) is 11.8 Å². The topological polar surface area (TPSA) is 144 Å².